The Morgan fingerprint density at radius 3 is 2.41 bits per heavy atom. The van der Waals surface area contributed by atoms with Crippen LogP contribution in [0, 0.1) is 24.5 Å². The quantitative estimate of drug-likeness (QED) is 0.530. The van der Waals surface area contributed by atoms with Gasteiger partial charge in [0.05, 0.1) is 23.0 Å². The number of aromatic nitrogens is 2. The number of carbonyl (C=O) groups is 1. The van der Waals surface area contributed by atoms with E-state index in [-0.39, 0.29) is 18.6 Å². The normalized spacial score (nSPS) is 12.0. The van der Waals surface area contributed by atoms with Gasteiger partial charge in [0.25, 0.3) is 0 Å². The van der Waals surface area contributed by atoms with Crippen LogP contribution >= 0.6 is 15.9 Å². The summed E-state index contributed by atoms with van der Waals surface area (Å²) in [7, 11) is 0. The van der Waals surface area contributed by atoms with Crippen LogP contribution in [0.15, 0.2) is 46.9 Å². The molecule has 1 N–H and O–H groups in total. The lowest BCUT2D eigenvalue weighted by Crippen LogP contribution is -2.13. The van der Waals surface area contributed by atoms with Crippen LogP contribution < -0.4 is 4.74 Å². The number of aliphatic carboxylic acids is 1. The fourth-order valence-electron chi connectivity index (χ4n) is 2.92. The molecule has 0 aliphatic heterocycles. The second-order valence-electron chi connectivity index (χ2n) is 6.79. The van der Waals surface area contributed by atoms with Crippen LogP contribution in [0.4, 0.5) is 8.78 Å². The average Bonchev–Trinajstić information content (AvgIpc) is 3.02. The highest BCUT2D eigenvalue weighted by molar-refractivity contribution is 9.10. The van der Waals surface area contributed by atoms with Gasteiger partial charge in [-0.2, -0.15) is 5.10 Å². The van der Waals surface area contributed by atoms with Gasteiger partial charge in [0.15, 0.2) is 17.4 Å². The monoisotopic (exact) mass is 464 g/mol. The predicted molar refractivity (Wildman–Crippen MR) is 107 cm³/mol. The molecule has 0 aliphatic carbocycles. The molecule has 3 aromatic rings. The van der Waals surface area contributed by atoms with Crippen LogP contribution in [0.1, 0.15) is 23.9 Å². The van der Waals surface area contributed by atoms with Gasteiger partial charge in [0, 0.05) is 4.47 Å². The average molecular weight is 465 g/mol. The molecular formula is C21H19BrF2N2O3. The molecule has 1 heterocycles. The number of hydrogen-bond donors (Lipinski definition) is 1. The van der Waals surface area contributed by atoms with E-state index < -0.39 is 29.3 Å². The van der Waals surface area contributed by atoms with Crippen molar-refractivity contribution in [3.63, 3.8) is 0 Å². The van der Waals surface area contributed by atoms with Gasteiger partial charge in [-0.3, -0.25) is 4.79 Å². The molecular weight excluding hydrogens is 446 g/mol. The largest absolute Gasteiger partial charge is 0.481 e. The summed E-state index contributed by atoms with van der Waals surface area (Å²) in [5, 5.41) is 13.4. The van der Waals surface area contributed by atoms with E-state index in [1.165, 1.54) is 6.92 Å². The number of rotatable bonds is 7. The molecule has 0 radical (unpaired) electrons. The van der Waals surface area contributed by atoms with Crippen molar-refractivity contribution in [2.75, 3.05) is 0 Å². The zero-order valence-electron chi connectivity index (χ0n) is 15.8. The third-order valence-electron chi connectivity index (χ3n) is 4.36. The number of halogens is 3. The number of ether oxygens (including phenoxy) is 1. The summed E-state index contributed by atoms with van der Waals surface area (Å²) in [5.74, 6) is -4.02. The number of carboxylic acids is 1. The topological polar surface area (TPSA) is 64.3 Å². The van der Waals surface area contributed by atoms with Crippen molar-refractivity contribution in [3.8, 4) is 11.4 Å². The molecule has 2 aromatic carbocycles. The molecule has 1 unspecified atom stereocenters. The Kier molecular flexibility index (Phi) is 6.32. The summed E-state index contributed by atoms with van der Waals surface area (Å²) in [5.41, 5.74) is 2.43. The molecule has 0 bridgehead atoms. The summed E-state index contributed by atoms with van der Waals surface area (Å²) >= 11 is 3.38. The SMILES string of the molecule is Cc1cc(COc2c(F)cc(CC(C)C(=O)O)cc2F)n(-c2ccc(Br)cc2)n1. The Hall–Kier alpha value is -2.74. The van der Waals surface area contributed by atoms with Gasteiger partial charge in [-0.05, 0) is 61.4 Å². The second kappa shape index (κ2) is 8.73. The van der Waals surface area contributed by atoms with Crippen LogP contribution in [0.25, 0.3) is 5.69 Å². The van der Waals surface area contributed by atoms with Crippen LogP contribution in [-0.2, 0) is 17.8 Å². The molecule has 8 heteroatoms. The molecule has 0 saturated heterocycles. The van der Waals surface area contributed by atoms with Crippen molar-refractivity contribution in [3.05, 3.63) is 75.5 Å². The van der Waals surface area contributed by atoms with Crippen molar-refractivity contribution >= 4 is 21.9 Å². The van der Waals surface area contributed by atoms with Crippen LogP contribution in [0.2, 0.25) is 0 Å². The first-order valence-electron chi connectivity index (χ1n) is 8.89. The van der Waals surface area contributed by atoms with E-state index in [1.54, 1.807) is 10.7 Å². The molecule has 1 aromatic heterocycles. The first-order valence-corrected chi connectivity index (χ1v) is 9.69. The van der Waals surface area contributed by atoms with Crippen molar-refractivity contribution in [2.45, 2.75) is 26.9 Å². The first kappa shape index (κ1) is 21.0. The molecule has 1 atom stereocenters. The molecule has 0 saturated carbocycles. The van der Waals surface area contributed by atoms with Gasteiger partial charge in [-0.15, -0.1) is 0 Å². The van der Waals surface area contributed by atoms with E-state index in [0.29, 0.717) is 5.69 Å². The van der Waals surface area contributed by atoms with Crippen LogP contribution in [-0.4, -0.2) is 20.9 Å². The van der Waals surface area contributed by atoms with Crippen molar-refractivity contribution in [1.82, 2.24) is 9.78 Å². The fraction of sp³-hybridized carbons (Fsp3) is 0.238. The highest BCUT2D eigenvalue weighted by atomic mass is 79.9. The standard InChI is InChI=1S/C21H19BrF2N2O3/c1-12(21(27)28)7-14-9-18(23)20(19(24)10-14)29-11-17-8-13(2)25-26(17)16-5-3-15(22)4-6-16/h3-6,8-10,12H,7,11H2,1-2H3,(H,27,28). The third kappa shape index (κ3) is 5.00. The second-order valence-corrected chi connectivity index (χ2v) is 7.70. The number of carboxylic acid groups (broad SMARTS) is 1. The molecule has 0 spiro atoms. The third-order valence-corrected chi connectivity index (χ3v) is 4.89. The van der Waals surface area contributed by atoms with E-state index in [4.69, 9.17) is 9.84 Å². The summed E-state index contributed by atoms with van der Waals surface area (Å²) in [6.45, 7) is 3.21. The van der Waals surface area contributed by atoms with Gasteiger partial charge in [-0.1, -0.05) is 22.9 Å². The van der Waals surface area contributed by atoms with E-state index >= 15 is 0 Å². The summed E-state index contributed by atoms with van der Waals surface area (Å²) in [6, 6.07) is 11.4. The van der Waals surface area contributed by atoms with Gasteiger partial charge in [0.1, 0.15) is 6.61 Å². The summed E-state index contributed by atoms with van der Waals surface area (Å²) in [4.78, 5) is 10.9. The smallest absolute Gasteiger partial charge is 0.306 e. The lowest BCUT2D eigenvalue weighted by Gasteiger charge is -2.12. The Morgan fingerprint density at radius 2 is 1.83 bits per heavy atom. The first-order chi connectivity index (χ1) is 13.7. The van der Waals surface area contributed by atoms with E-state index in [1.807, 2.05) is 31.2 Å². The minimum atomic E-state index is -1.03. The molecule has 5 nitrogen and oxygen atoms in total. The highest BCUT2D eigenvalue weighted by Gasteiger charge is 2.18. The highest BCUT2D eigenvalue weighted by Crippen LogP contribution is 2.26. The van der Waals surface area contributed by atoms with E-state index in [0.717, 1.165) is 28.0 Å². The van der Waals surface area contributed by atoms with Gasteiger partial charge >= 0.3 is 5.97 Å². The molecule has 29 heavy (non-hydrogen) atoms. The van der Waals surface area contributed by atoms with Crippen molar-refractivity contribution in [2.24, 2.45) is 5.92 Å². The summed E-state index contributed by atoms with van der Waals surface area (Å²) < 4.78 is 36.8. The Balaban J connectivity index is 1.80. The molecule has 152 valence electrons. The molecule has 0 amide bonds. The fourth-order valence-corrected chi connectivity index (χ4v) is 3.18. The van der Waals surface area contributed by atoms with Gasteiger partial charge in [0.2, 0.25) is 0 Å². The van der Waals surface area contributed by atoms with E-state index in [9.17, 15) is 13.6 Å². The summed E-state index contributed by atoms with van der Waals surface area (Å²) in [6.07, 6.45) is 0.0268. The molecule has 0 fully saturated rings. The lowest BCUT2D eigenvalue weighted by atomic mass is 10.0. The zero-order chi connectivity index (χ0) is 21.1. The minimum absolute atomic E-state index is 0.0268. The Labute approximate surface area is 175 Å². The molecule has 3 rings (SSSR count). The Morgan fingerprint density at radius 1 is 1.21 bits per heavy atom. The van der Waals surface area contributed by atoms with Gasteiger partial charge < -0.3 is 9.84 Å². The van der Waals surface area contributed by atoms with Crippen LogP contribution in [0.5, 0.6) is 5.75 Å². The Bertz CT molecular complexity index is 1010. The predicted octanol–water partition coefficient (Wildman–Crippen LogP) is 5.06. The number of nitrogens with zero attached hydrogens (tertiary/aromatic N) is 2. The maximum Gasteiger partial charge on any atom is 0.306 e. The maximum absolute atomic E-state index is 14.4. The zero-order valence-corrected chi connectivity index (χ0v) is 17.4. The van der Waals surface area contributed by atoms with Crippen LogP contribution in [0.3, 0.4) is 0 Å². The molecule has 0 aliphatic rings. The van der Waals surface area contributed by atoms with Gasteiger partial charge in [-0.25, -0.2) is 13.5 Å². The van der Waals surface area contributed by atoms with Crippen molar-refractivity contribution < 1.29 is 23.4 Å². The van der Waals surface area contributed by atoms with Crippen molar-refractivity contribution in [1.29, 1.82) is 0 Å². The number of hydrogen-bond acceptors (Lipinski definition) is 3. The number of benzene rings is 2. The van der Waals surface area contributed by atoms with E-state index in [2.05, 4.69) is 21.0 Å². The number of aryl methyl sites for hydroxylation is 1. The minimum Gasteiger partial charge on any atom is -0.481 e. The maximum atomic E-state index is 14.4. The lowest BCUT2D eigenvalue weighted by molar-refractivity contribution is -0.141.